The van der Waals surface area contributed by atoms with Crippen LogP contribution in [-0.2, 0) is 10.2 Å². The molecule has 4 heteroatoms. The number of amides is 1. The van der Waals surface area contributed by atoms with Crippen LogP contribution < -0.4 is 14.8 Å². The van der Waals surface area contributed by atoms with Crippen molar-refractivity contribution in [2.75, 3.05) is 6.61 Å². The minimum Gasteiger partial charge on any atom is -0.487 e. The first-order valence-corrected chi connectivity index (χ1v) is 9.86. The van der Waals surface area contributed by atoms with Gasteiger partial charge in [0.15, 0.2) is 6.61 Å². The lowest BCUT2D eigenvalue weighted by atomic mass is 9.87. The van der Waals surface area contributed by atoms with Crippen LogP contribution in [0.25, 0.3) is 0 Å². The second-order valence-electron chi connectivity index (χ2n) is 9.29. The molecular weight excluding hydrogens is 350 g/mol. The van der Waals surface area contributed by atoms with Crippen molar-refractivity contribution < 1.29 is 14.3 Å². The Morgan fingerprint density at radius 3 is 2.50 bits per heavy atom. The van der Waals surface area contributed by atoms with E-state index < -0.39 is 0 Å². The summed E-state index contributed by atoms with van der Waals surface area (Å²) < 4.78 is 11.8. The van der Waals surface area contributed by atoms with Gasteiger partial charge in [-0.05, 0) is 55.5 Å². The highest BCUT2D eigenvalue weighted by Crippen LogP contribution is 2.39. The number of aryl methyl sites for hydroxylation is 1. The van der Waals surface area contributed by atoms with Crippen molar-refractivity contribution >= 4 is 5.91 Å². The van der Waals surface area contributed by atoms with Crippen LogP contribution in [0.1, 0.15) is 63.8 Å². The molecule has 150 valence electrons. The fourth-order valence-corrected chi connectivity index (χ4v) is 3.52. The zero-order valence-corrected chi connectivity index (χ0v) is 17.8. The van der Waals surface area contributed by atoms with Crippen LogP contribution in [-0.4, -0.2) is 18.1 Å². The van der Waals surface area contributed by atoms with E-state index in [1.165, 1.54) is 5.56 Å². The molecule has 1 atom stereocenters. The highest BCUT2D eigenvalue weighted by molar-refractivity contribution is 5.78. The molecule has 2 aromatic carbocycles. The van der Waals surface area contributed by atoms with E-state index >= 15 is 0 Å². The Morgan fingerprint density at radius 2 is 1.86 bits per heavy atom. The van der Waals surface area contributed by atoms with Crippen molar-refractivity contribution in [3.05, 3.63) is 59.2 Å². The largest absolute Gasteiger partial charge is 0.487 e. The van der Waals surface area contributed by atoms with Gasteiger partial charge in [-0.1, -0.05) is 45.0 Å². The van der Waals surface area contributed by atoms with Crippen LogP contribution in [0.5, 0.6) is 11.5 Å². The highest BCUT2D eigenvalue weighted by Gasteiger charge is 2.34. The minimum atomic E-state index is -0.331. The molecule has 0 bridgehead atoms. The lowest BCUT2D eigenvalue weighted by Gasteiger charge is -2.38. The number of hydrogen-bond acceptors (Lipinski definition) is 3. The van der Waals surface area contributed by atoms with Gasteiger partial charge in [-0.3, -0.25) is 4.79 Å². The molecule has 0 radical (unpaired) electrons. The van der Waals surface area contributed by atoms with Gasteiger partial charge in [0.05, 0.1) is 6.04 Å². The molecule has 0 aliphatic carbocycles. The van der Waals surface area contributed by atoms with E-state index in [0.29, 0.717) is 5.75 Å². The molecule has 1 N–H and O–H groups in total. The number of rotatable bonds is 4. The smallest absolute Gasteiger partial charge is 0.258 e. The van der Waals surface area contributed by atoms with Crippen LogP contribution in [0.4, 0.5) is 0 Å². The number of ether oxygens (including phenoxy) is 2. The monoisotopic (exact) mass is 381 g/mol. The molecule has 3 rings (SSSR count). The van der Waals surface area contributed by atoms with Gasteiger partial charge in [0.2, 0.25) is 0 Å². The Hall–Kier alpha value is -2.49. The molecule has 1 aliphatic rings. The van der Waals surface area contributed by atoms with Crippen molar-refractivity contribution in [1.82, 2.24) is 5.32 Å². The normalized spacial score (nSPS) is 18.0. The van der Waals surface area contributed by atoms with Gasteiger partial charge < -0.3 is 14.8 Å². The standard InChI is InChI=1S/C24H31NO3/c1-16-7-12-19-20(14-24(5,6)28-21(19)13-16)25-22(26)15-27-18-10-8-17(9-11-18)23(2,3)4/h7-13,20H,14-15H2,1-6H3,(H,25,26)/t20-/m1/s1. The molecule has 0 fully saturated rings. The summed E-state index contributed by atoms with van der Waals surface area (Å²) in [5.41, 5.74) is 3.16. The number of carbonyl (C=O) groups excluding carboxylic acids is 1. The average molecular weight is 382 g/mol. The number of carbonyl (C=O) groups is 1. The summed E-state index contributed by atoms with van der Waals surface area (Å²) >= 11 is 0. The van der Waals surface area contributed by atoms with Crippen molar-refractivity contribution in [1.29, 1.82) is 0 Å². The molecule has 0 saturated heterocycles. The zero-order chi connectivity index (χ0) is 20.5. The SMILES string of the molecule is Cc1ccc2c(c1)OC(C)(C)C[C@H]2NC(=O)COc1ccc(C(C)(C)C)cc1. The Morgan fingerprint density at radius 1 is 1.18 bits per heavy atom. The fraction of sp³-hybridized carbons (Fsp3) is 0.458. The average Bonchev–Trinajstić information content (AvgIpc) is 2.58. The highest BCUT2D eigenvalue weighted by atomic mass is 16.5. The predicted molar refractivity (Wildman–Crippen MR) is 112 cm³/mol. The maximum atomic E-state index is 12.5. The molecule has 0 unspecified atom stereocenters. The lowest BCUT2D eigenvalue weighted by molar-refractivity contribution is -0.124. The number of fused-ring (bicyclic) bond motifs is 1. The van der Waals surface area contributed by atoms with Crippen LogP contribution in [0.15, 0.2) is 42.5 Å². The van der Waals surface area contributed by atoms with Crippen molar-refractivity contribution in [3.8, 4) is 11.5 Å². The van der Waals surface area contributed by atoms with Gasteiger partial charge in [0, 0.05) is 12.0 Å². The Labute approximate surface area is 168 Å². The first-order valence-electron chi connectivity index (χ1n) is 9.86. The summed E-state index contributed by atoms with van der Waals surface area (Å²) in [4.78, 5) is 12.5. The fourth-order valence-electron chi connectivity index (χ4n) is 3.52. The van der Waals surface area contributed by atoms with Gasteiger partial charge in [-0.15, -0.1) is 0 Å². The van der Waals surface area contributed by atoms with E-state index in [1.54, 1.807) is 0 Å². The number of nitrogens with one attached hydrogen (secondary N) is 1. The van der Waals surface area contributed by atoms with E-state index in [1.807, 2.05) is 63.2 Å². The molecule has 2 aromatic rings. The van der Waals surface area contributed by atoms with Crippen LogP contribution in [0.2, 0.25) is 0 Å². The Balaban J connectivity index is 1.63. The van der Waals surface area contributed by atoms with Crippen molar-refractivity contribution in [2.24, 2.45) is 0 Å². The van der Waals surface area contributed by atoms with Gasteiger partial charge in [0.25, 0.3) is 5.91 Å². The van der Waals surface area contributed by atoms with E-state index in [9.17, 15) is 4.79 Å². The molecule has 4 nitrogen and oxygen atoms in total. The maximum Gasteiger partial charge on any atom is 0.258 e. The third kappa shape index (κ3) is 4.86. The first kappa shape index (κ1) is 20.2. The molecule has 0 spiro atoms. The van der Waals surface area contributed by atoms with E-state index in [0.717, 1.165) is 23.3 Å². The van der Waals surface area contributed by atoms with Crippen LogP contribution in [0, 0.1) is 6.92 Å². The summed E-state index contributed by atoms with van der Waals surface area (Å²) in [6, 6.07) is 14.0. The molecule has 1 aliphatic heterocycles. The summed E-state index contributed by atoms with van der Waals surface area (Å²) in [6.45, 7) is 12.6. The van der Waals surface area contributed by atoms with Crippen LogP contribution >= 0.6 is 0 Å². The predicted octanol–water partition coefficient (Wildman–Crippen LogP) is 5.09. The Kier molecular flexibility index (Phi) is 5.42. The molecule has 0 aromatic heterocycles. The third-order valence-corrected chi connectivity index (χ3v) is 5.05. The first-order chi connectivity index (χ1) is 13.0. The van der Waals surface area contributed by atoms with Gasteiger partial charge in [-0.2, -0.15) is 0 Å². The quantitative estimate of drug-likeness (QED) is 0.802. The van der Waals surface area contributed by atoms with Gasteiger partial charge >= 0.3 is 0 Å². The Bertz CT molecular complexity index is 847. The second kappa shape index (κ2) is 7.50. The molecule has 1 amide bonds. The van der Waals surface area contributed by atoms with Crippen molar-refractivity contribution in [3.63, 3.8) is 0 Å². The van der Waals surface area contributed by atoms with Crippen LogP contribution in [0.3, 0.4) is 0 Å². The molecule has 0 saturated carbocycles. The summed E-state index contributed by atoms with van der Waals surface area (Å²) in [7, 11) is 0. The van der Waals surface area contributed by atoms with Crippen molar-refractivity contribution in [2.45, 2.75) is 65.0 Å². The van der Waals surface area contributed by atoms with Gasteiger partial charge in [0.1, 0.15) is 17.1 Å². The topological polar surface area (TPSA) is 47.6 Å². The van der Waals surface area contributed by atoms with E-state index in [4.69, 9.17) is 9.47 Å². The second-order valence-corrected chi connectivity index (χ2v) is 9.29. The maximum absolute atomic E-state index is 12.5. The molecule has 28 heavy (non-hydrogen) atoms. The number of hydrogen-bond donors (Lipinski definition) is 1. The van der Waals surface area contributed by atoms with E-state index in [-0.39, 0.29) is 29.6 Å². The summed E-state index contributed by atoms with van der Waals surface area (Å²) in [5, 5.41) is 3.11. The van der Waals surface area contributed by atoms with Gasteiger partial charge in [-0.25, -0.2) is 0 Å². The third-order valence-electron chi connectivity index (χ3n) is 5.05. The minimum absolute atomic E-state index is 0.00611. The summed E-state index contributed by atoms with van der Waals surface area (Å²) in [6.07, 6.45) is 0.717. The zero-order valence-electron chi connectivity index (χ0n) is 17.8. The van der Waals surface area contributed by atoms with E-state index in [2.05, 4.69) is 26.1 Å². The lowest BCUT2D eigenvalue weighted by Crippen LogP contribution is -2.42. The summed E-state index contributed by atoms with van der Waals surface area (Å²) in [5.74, 6) is 1.42. The molecular formula is C24H31NO3. The molecule has 1 heterocycles. The number of benzene rings is 2.